The summed E-state index contributed by atoms with van der Waals surface area (Å²) in [6.45, 7) is 7.71. The van der Waals surface area contributed by atoms with Crippen molar-refractivity contribution in [3.8, 4) is 0 Å². The van der Waals surface area contributed by atoms with Crippen molar-refractivity contribution in [1.82, 2.24) is 20.9 Å². The van der Waals surface area contributed by atoms with Crippen molar-refractivity contribution < 1.29 is 9.59 Å². The molecule has 0 aromatic rings. The number of nitrogens with zero attached hydrogens (tertiary/aromatic N) is 1. The van der Waals surface area contributed by atoms with Gasteiger partial charge in [0.15, 0.2) is 0 Å². The average Bonchev–Trinajstić information content (AvgIpc) is 2.60. The zero-order chi connectivity index (χ0) is 17.4. The molecule has 136 valence electrons. The molecule has 1 heterocycles. The highest BCUT2D eigenvalue weighted by Crippen LogP contribution is 2.17. The summed E-state index contributed by atoms with van der Waals surface area (Å²) >= 11 is 0. The van der Waals surface area contributed by atoms with Crippen LogP contribution in [0.3, 0.4) is 0 Å². The van der Waals surface area contributed by atoms with E-state index in [1.165, 1.54) is 19.3 Å². The van der Waals surface area contributed by atoms with E-state index in [4.69, 9.17) is 0 Å². The fourth-order valence-electron chi connectivity index (χ4n) is 3.58. The van der Waals surface area contributed by atoms with Crippen LogP contribution in [0.5, 0.6) is 0 Å². The largest absolute Gasteiger partial charge is 0.351 e. The first-order valence-corrected chi connectivity index (χ1v) is 9.30. The number of amides is 3. The molecule has 1 saturated heterocycles. The lowest BCUT2D eigenvalue weighted by Gasteiger charge is -2.35. The van der Waals surface area contributed by atoms with E-state index in [0.717, 1.165) is 38.8 Å². The van der Waals surface area contributed by atoms with Gasteiger partial charge in [-0.05, 0) is 32.6 Å². The van der Waals surface area contributed by atoms with Crippen LogP contribution in [0.1, 0.15) is 51.9 Å². The number of carbonyl (C=O) groups excluding carboxylic acids is 2. The number of rotatable bonds is 6. The number of urea groups is 1. The lowest BCUT2D eigenvalue weighted by molar-refractivity contribution is -0.126. The van der Waals surface area contributed by atoms with Crippen molar-refractivity contribution in [3.05, 3.63) is 12.7 Å². The molecule has 1 aliphatic heterocycles. The van der Waals surface area contributed by atoms with Gasteiger partial charge >= 0.3 is 6.03 Å². The van der Waals surface area contributed by atoms with Gasteiger partial charge in [0.25, 0.3) is 0 Å². The van der Waals surface area contributed by atoms with Gasteiger partial charge in [0, 0.05) is 31.7 Å². The fourth-order valence-corrected chi connectivity index (χ4v) is 3.58. The molecule has 1 atom stereocenters. The number of hydrogen-bond acceptors (Lipinski definition) is 3. The normalized spacial score (nSPS) is 21.7. The number of nitrogens with one attached hydrogen (secondary N) is 3. The predicted molar refractivity (Wildman–Crippen MR) is 95.8 cm³/mol. The summed E-state index contributed by atoms with van der Waals surface area (Å²) in [6.07, 6.45) is 9.38. The van der Waals surface area contributed by atoms with Crippen LogP contribution < -0.4 is 16.0 Å². The Kier molecular flexibility index (Phi) is 7.56. The highest BCUT2D eigenvalue weighted by Gasteiger charge is 2.27. The highest BCUT2D eigenvalue weighted by molar-refractivity contribution is 5.81. The Labute approximate surface area is 145 Å². The fraction of sp³-hybridized carbons (Fsp3) is 0.778. The van der Waals surface area contributed by atoms with Crippen molar-refractivity contribution in [2.45, 2.75) is 70.0 Å². The van der Waals surface area contributed by atoms with Gasteiger partial charge in [-0.15, -0.1) is 6.58 Å². The molecule has 3 amide bonds. The van der Waals surface area contributed by atoms with Crippen LogP contribution in [0.15, 0.2) is 12.7 Å². The third kappa shape index (κ3) is 5.82. The summed E-state index contributed by atoms with van der Waals surface area (Å²) < 4.78 is 0. The van der Waals surface area contributed by atoms with Gasteiger partial charge in [-0.1, -0.05) is 25.3 Å². The van der Waals surface area contributed by atoms with Gasteiger partial charge in [-0.2, -0.15) is 0 Å². The SMILES string of the molecule is C=CCNC(=O)[C@H](C)N1CCC(NC(=O)NC2CCCCC2)CC1. The predicted octanol–water partition coefficient (Wildman–Crippen LogP) is 1.77. The van der Waals surface area contributed by atoms with Crippen molar-refractivity contribution in [2.24, 2.45) is 0 Å². The van der Waals surface area contributed by atoms with Gasteiger partial charge in [0.1, 0.15) is 0 Å². The molecular weight excluding hydrogens is 304 g/mol. The van der Waals surface area contributed by atoms with Crippen molar-refractivity contribution >= 4 is 11.9 Å². The van der Waals surface area contributed by atoms with Crippen molar-refractivity contribution in [3.63, 3.8) is 0 Å². The standard InChI is InChI=1S/C18H32N4O2/c1-3-11-19-17(23)14(2)22-12-9-16(10-13-22)21-18(24)20-15-7-5-4-6-8-15/h3,14-16H,1,4-13H2,2H3,(H,19,23)(H2,20,21,24)/t14-/m0/s1. The van der Waals surface area contributed by atoms with Crippen LogP contribution in [0, 0.1) is 0 Å². The molecule has 6 nitrogen and oxygen atoms in total. The second kappa shape index (κ2) is 9.67. The molecule has 0 unspecified atom stereocenters. The minimum Gasteiger partial charge on any atom is -0.351 e. The van der Waals surface area contributed by atoms with E-state index in [-0.39, 0.29) is 24.0 Å². The summed E-state index contributed by atoms with van der Waals surface area (Å²) in [4.78, 5) is 26.3. The Morgan fingerprint density at radius 2 is 1.67 bits per heavy atom. The molecule has 1 saturated carbocycles. The Morgan fingerprint density at radius 3 is 2.25 bits per heavy atom. The monoisotopic (exact) mass is 336 g/mol. The molecule has 3 N–H and O–H groups in total. The molecule has 0 radical (unpaired) electrons. The van der Waals surface area contributed by atoms with E-state index in [9.17, 15) is 9.59 Å². The number of piperidine rings is 1. The van der Waals surface area contributed by atoms with Crippen LogP contribution in [0.4, 0.5) is 4.79 Å². The lowest BCUT2D eigenvalue weighted by Crippen LogP contribution is -2.53. The molecule has 0 bridgehead atoms. The second-order valence-electron chi connectivity index (χ2n) is 6.97. The Morgan fingerprint density at radius 1 is 1.08 bits per heavy atom. The van der Waals surface area contributed by atoms with E-state index >= 15 is 0 Å². The number of hydrogen-bond donors (Lipinski definition) is 3. The molecule has 1 aliphatic carbocycles. The van der Waals surface area contributed by atoms with Gasteiger partial charge in [-0.3, -0.25) is 9.69 Å². The van der Waals surface area contributed by atoms with Crippen molar-refractivity contribution in [1.29, 1.82) is 0 Å². The molecule has 2 fully saturated rings. The minimum absolute atomic E-state index is 0.0304. The van der Waals surface area contributed by atoms with Crippen LogP contribution in [-0.4, -0.2) is 54.6 Å². The molecule has 2 aliphatic rings. The summed E-state index contributed by atoms with van der Waals surface area (Å²) in [5, 5.41) is 9.04. The maximum atomic E-state index is 12.1. The molecule has 6 heteroatoms. The first-order valence-electron chi connectivity index (χ1n) is 9.30. The van der Waals surface area contributed by atoms with E-state index in [1.807, 2.05) is 6.92 Å². The van der Waals surface area contributed by atoms with Gasteiger partial charge < -0.3 is 16.0 Å². The Bertz CT molecular complexity index is 427. The molecule has 2 rings (SSSR count). The maximum absolute atomic E-state index is 12.1. The highest BCUT2D eigenvalue weighted by atomic mass is 16.2. The number of carbonyl (C=O) groups is 2. The van der Waals surface area contributed by atoms with Crippen LogP contribution in [-0.2, 0) is 4.79 Å². The zero-order valence-corrected chi connectivity index (χ0v) is 14.9. The van der Waals surface area contributed by atoms with E-state index < -0.39 is 0 Å². The molecule has 24 heavy (non-hydrogen) atoms. The van der Waals surface area contributed by atoms with Gasteiger partial charge in [0.05, 0.1) is 6.04 Å². The van der Waals surface area contributed by atoms with Gasteiger partial charge in [-0.25, -0.2) is 4.79 Å². The second-order valence-corrected chi connectivity index (χ2v) is 6.97. The molecular formula is C18H32N4O2. The van der Waals surface area contributed by atoms with E-state index in [0.29, 0.717) is 12.6 Å². The first kappa shape index (κ1) is 18.8. The average molecular weight is 336 g/mol. The van der Waals surface area contributed by atoms with Crippen LogP contribution >= 0.6 is 0 Å². The molecule has 0 aromatic heterocycles. The lowest BCUT2D eigenvalue weighted by atomic mass is 9.96. The minimum atomic E-state index is -0.137. The molecule has 0 spiro atoms. The topological polar surface area (TPSA) is 73.5 Å². The van der Waals surface area contributed by atoms with E-state index in [1.54, 1.807) is 6.08 Å². The zero-order valence-electron chi connectivity index (χ0n) is 14.9. The quantitative estimate of drug-likeness (QED) is 0.647. The Balaban J connectivity index is 1.67. The van der Waals surface area contributed by atoms with Crippen molar-refractivity contribution in [2.75, 3.05) is 19.6 Å². The maximum Gasteiger partial charge on any atom is 0.315 e. The smallest absolute Gasteiger partial charge is 0.315 e. The summed E-state index contributed by atoms with van der Waals surface area (Å²) in [5.41, 5.74) is 0. The Hall–Kier alpha value is -1.56. The molecule has 0 aromatic carbocycles. The number of likely N-dealkylation sites (tertiary alicyclic amines) is 1. The van der Waals surface area contributed by atoms with Gasteiger partial charge in [0.2, 0.25) is 5.91 Å². The third-order valence-corrected chi connectivity index (χ3v) is 5.15. The summed E-state index contributed by atoms with van der Waals surface area (Å²) in [5.74, 6) is 0.0383. The third-order valence-electron chi connectivity index (χ3n) is 5.15. The van der Waals surface area contributed by atoms with E-state index in [2.05, 4.69) is 27.4 Å². The van der Waals surface area contributed by atoms with Crippen LogP contribution in [0.2, 0.25) is 0 Å². The summed E-state index contributed by atoms with van der Waals surface area (Å²) in [6, 6.07) is 0.375. The van der Waals surface area contributed by atoms with Crippen LogP contribution in [0.25, 0.3) is 0 Å². The first-order chi connectivity index (χ1) is 11.6. The summed E-state index contributed by atoms with van der Waals surface area (Å²) in [7, 11) is 0.